The van der Waals surface area contributed by atoms with Crippen LogP contribution in [0.1, 0.15) is 19.3 Å². The topological polar surface area (TPSA) is 52.5 Å². The summed E-state index contributed by atoms with van der Waals surface area (Å²) in [6.07, 6.45) is -0.808. The highest BCUT2D eigenvalue weighted by molar-refractivity contribution is 6.01. The van der Waals surface area contributed by atoms with Crippen molar-refractivity contribution in [3.63, 3.8) is 0 Å². The summed E-state index contributed by atoms with van der Waals surface area (Å²) in [4.78, 5) is 16.0. The van der Waals surface area contributed by atoms with Crippen LogP contribution >= 0.6 is 0 Å². The average Bonchev–Trinajstić information content (AvgIpc) is 3.20. The van der Waals surface area contributed by atoms with Gasteiger partial charge in [0.1, 0.15) is 6.04 Å². The maximum absolute atomic E-state index is 13.4. The fourth-order valence-electron chi connectivity index (χ4n) is 4.39. The zero-order valence-corrected chi connectivity index (χ0v) is 19.4. The van der Waals surface area contributed by atoms with Crippen LogP contribution in [0, 0.1) is 0 Å². The van der Waals surface area contributed by atoms with Gasteiger partial charge in [0.05, 0.1) is 0 Å². The molecule has 2 amide bonds. The first-order chi connectivity index (χ1) is 16.2. The number of anilines is 3. The van der Waals surface area contributed by atoms with Crippen LogP contribution in [0.3, 0.4) is 0 Å². The number of piperidine rings is 1. The van der Waals surface area contributed by atoms with Crippen LogP contribution in [-0.2, 0) is 6.54 Å². The quantitative estimate of drug-likeness (QED) is 0.478. The molecule has 0 aliphatic carbocycles. The molecule has 1 saturated heterocycles. The summed E-state index contributed by atoms with van der Waals surface area (Å²) < 4.78 is 42.4. The molecule has 0 saturated carbocycles. The van der Waals surface area contributed by atoms with E-state index >= 15 is 0 Å². The van der Waals surface area contributed by atoms with Crippen molar-refractivity contribution in [2.45, 2.75) is 38.0 Å². The molecule has 0 spiro atoms. The number of hydrogen-bond acceptors (Lipinski definition) is 3. The molecule has 34 heavy (non-hydrogen) atoms. The van der Waals surface area contributed by atoms with Crippen LogP contribution in [0.15, 0.2) is 54.7 Å². The fourth-order valence-corrected chi connectivity index (χ4v) is 4.39. The van der Waals surface area contributed by atoms with Crippen molar-refractivity contribution < 1.29 is 18.0 Å². The van der Waals surface area contributed by atoms with Crippen LogP contribution < -0.4 is 15.5 Å². The Morgan fingerprint density at radius 2 is 1.74 bits per heavy atom. The Hall–Kier alpha value is -3.20. The minimum atomic E-state index is -4.26. The third kappa shape index (κ3) is 5.64. The summed E-state index contributed by atoms with van der Waals surface area (Å²) in [6.45, 7) is 2.18. The van der Waals surface area contributed by atoms with Gasteiger partial charge in [-0.3, -0.25) is 0 Å². The van der Waals surface area contributed by atoms with E-state index in [1.54, 1.807) is 24.3 Å². The van der Waals surface area contributed by atoms with Gasteiger partial charge in [-0.2, -0.15) is 13.2 Å². The summed E-state index contributed by atoms with van der Waals surface area (Å²) in [5.74, 6) is 0. The molecule has 2 heterocycles. The molecular formula is C25H30F3N5O. The maximum Gasteiger partial charge on any atom is 0.408 e. The molecule has 1 fully saturated rings. The van der Waals surface area contributed by atoms with Gasteiger partial charge in [0.2, 0.25) is 0 Å². The highest BCUT2D eigenvalue weighted by Crippen LogP contribution is 2.35. The summed E-state index contributed by atoms with van der Waals surface area (Å²) in [5.41, 5.74) is 2.78. The molecule has 1 aromatic heterocycles. The van der Waals surface area contributed by atoms with Crippen molar-refractivity contribution in [2.24, 2.45) is 0 Å². The fraction of sp³-hybridized carbons (Fsp3) is 0.400. The second-order valence-electron chi connectivity index (χ2n) is 8.96. The molecule has 1 atom stereocenters. The Morgan fingerprint density at radius 1 is 1.03 bits per heavy atom. The first-order valence-electron chi connectivity index (χ1n) is 11.5. The van der Waals surface area contributed by atoms with E-state index in [2.05, 4.69) is 20.1 Å². The van der Waals surface area contributed by atoms with Crippen LogP contribution in [0.4, 0.5) is 35.0 Å². The summed E-state index contributed by atoms with van der Waals surface area (Å²) >= 11 is 0. The van der Waals surface area contributed by atoms with Crippen LogP contribution in [0.5, 0.6) is 0 Å². The van der Waals surface area contributed by atoms with Crippen molar-refractivity contribution in [2.75, 3.05) is 42.7 Å². The molecule has 2 aromatic carbocycles. The zero-order chi connectivity index (χ0) is 24.3. The minimum absolute atomic E-state index is 0.106. The maximum atomic E-state index is 13.4. The lowest BCUT2D eigenvalue weighted by molar-refractivity contribution is -0.152. The van der Waals surface area contributed by atoms with Gasteiger partial charge in [-0.15, -0.1) is 0 Å². The Labute approximate surface area is 197 Å². The SMILES string of the molecule is CN(C)CCn1ccc2cc(NC(=O)Nc3ccc(N4CCCCC4C(F)(F)F)cc3)ccc21. The Morgan fingerprint density at radius 3 is 2.44 bits per heavy atom. The number of halogens is 3. The van der Waals surface area contributed by atoms with Gasteiger partial charge < -0.3 is 25.0 Å². The molecule has 1 aliphatic rings. The number of carbonyl (C=O) groups is 1. The molecule has 0 radical (unpaired) electrons. The number of nitrogens with one attached hydrogen (secondary N) is 2. The number of alkyl halides is 3. The highest BCUT2D eigenvalue weighted by atomic mass is 19.4. The van der Waals surface area contributed by atoms with Gasteiger partial charge in [-0.1, -0.05) is 0 Å². The number of hydrogen-bond donors (Lipinski definition) is 2. The van der Waals surface area contributed by atoms with Crippen molar-refractivity contribution in [1.29, 1.82) is 0 Å². The molecule has 4 rings (SSSR count). The second kappa shape index (κ2) is 9.97. The van der Waals surface area contributed by atoms with E-state index in [-0.39, 0.29) is 6.42 Å². The number of carbonyl (C=O) groups excluding carboxylic acids is 1. The minimum Gasteiger partial charge on any atom is -0.360 e. The normalized spacial score (nSPS) is 16.8. The Kier molecular flexibility index (Phi) is 7.02. The number of urea groups is 1. The van der Waals surface area contributed by atoms with E-state index in [0.717, 1.165) is 30.4 Å². The molecule has 9 heteroatoms. The second-order valence-corrected chi connectivity index (χ2v) is 8.96. The number of nitrogens with zero attached hydrogens (tertiary/aromatic N) is 3. The van der Waals surface area contributed by atoms with E-state index in [1.165, 1.54) is 4.90 Å². The molecule has 6 nitrogen and oxygen atoms in total. The average molecular weight is 474 g/mol. The first kappa shape index (κ1) is 23.9. The number of amides is 2. The van der Waals surface area contributed by atoms with E-state index in [4.69, 9.17) is 0 Å². The predicted octanol–water partition coefficient (Wildman–Crippen LogP) is 5.77. The molecule has 1 aliphatic heterocycles. The number of aromatic nitrogens is 1. The molecule has 182 valence electrons. The van der Waals surface area contributed by atoms with E-state index in [0.29, 0.717) is 30.0 Å². The Bertz CT molecular complexity index is 1120. The van der Waals surface area contributed by atoms with Gasteiger partial charge in [0, 0.05) is 53.8 Å². The molecule has 2 N–H and O–H groups in total. The third-order valence-electron chi connectivity index (χ3n) is 6.15. The van der Waals surface area contributed by atoms with E-state index in [9.17, 15) is 18.0 Å². The third-order valence-corrected chi connectivity index (χ3v) is 6.15. The Balaban J connectivity index is 1.38. The van der Waals surface area contributed by atoms with Crippen molar-refractivity contribution >= 4 is 34.0 Å². The number of benzene rings is 2. The van der Waals surface area contributed by atoms with Gasteiger partial charge >= 0.3 is 12.2 Å². The smallest absolute Gasteiger partial charge is 0.360 e. The van der Waals surface area contributed by atoms with Crippen molar-refractivity contribution in [3.8, 4) is 0 Å². The van der Waals surface area contributed by atoms with Crippen LogP contribution in [0.2, 0.25) is 0 Å². The van der Waals surface area contributed by atoms with Crippen LogP contribution in [-0.4, -0.2) is 54.9 Å². The predicted molar refractivity (Wildman–Crippen MR) is 131 cm³/mol. The lowest BCUT2D eigenvalue weighted by atomic mass is 10.0. The molecule has 3 aromatic rings. The van der Waals surface area contributed by atoms with Crippen LogP contribution in [0.25, 0.3) is 10.9 Å². The molecule has 0 bridgehead atoms. The lowest BCUT2D eigenvalue weighted by Crippen LogP contribution is -2.48. The number of fused-ring (bicyclic) bond motifs is 1. The van der Waals surface area contributed by atoms with E-state index in [1.807, 2.05) is 44.6 Å². The standard InChI is InChI=1S/C25H30F3N5O/c1-31(2)15-16-32-14-12-18-17-20(8-11-22(18)32)30-24(34)29-19-6-9-21(10-7-19)33-13-4-3-5-23(33)25(26,27)28/h6-12,14,17,23H,3-5,13,15-16H2,1-2H3,(H2,29,30,34). The van der Waals surface area contributed by atoms with Gasteiger partial charge in [-0.25, -0.2) is 4.79 Å². The summed E-state index contributed by atoms with van der Waals surface area (Å²) in [6, 6.07) is 12.4. The van der Waals surface area contributed by atoms with Gasteiger partial charge in [0.25, 0.3) is 0 Å². The first-order valence-corrected chi connectivity index (χ1v) is 11.5. The largest absolute Gasteiger partial charge is 0.408 e. The summed E-state index contributed by atoms with van der Waals surface area (Å²) in [7, 11) is 4.07. The van der Waals surface area contributed by atoms with Gasteiger partial charge in [-0.05, 0) is 81.9 Å². The van der Waals surface area contributed by atoms with Crippen molar-refractivity contribution in [3.05, 3.63) is 54.7 Å². The number of likely N-dealkylation sites (N-methyl/N-ethyl adjacent to an activating group) is 1. The molecule has 1 unspecified atom stereocenters. The van der Waals surface area contributed by atoms with Gasteiger partial charge in [0.15, 0.2) is 0 Å². The van der Waals surface area contributed by atoms with Crippen molar-refractivity contribution in [1.82, 2.24) is 9.47 Å². The molecular weight excluding hydrogens is 443 g/mol. The monoisotopic (exact) mass is 473 g/mol. The number of rotatable bonds is 6. The highest BCUT2D eigenvalue weighted by Gasteiger charge is 2.44. The summed E-state index contributed by atoms with van der Waals surface area (Å²) in [5, 5.41) is 6.60. The zero-order valence-electron chi connectivity index (χ0n) is 19.4. The lowest BCUT2D eigenvalue weighted by Gasteiger charge is -2.38. The van der Waals surface area contributed by atoms with E-state index < -0.39 is 18.2 Å².